The van der Waals surface area contributed by atoms with Crippen LogP contribution in [0.4, 0.5) is 0 Å². The van der Waals surface area contributed by atoms with Gasteiger partial charge in [-0.25, -0.2) is 0 Å². The zero-order valence-electron chi connectivity index (χ0n) is 17.4. The van der Waals surface area contributed by atoms with Gasteiger partial charge in [0.2, 0.25) is 0 Å². The van der Waals surface area contributed by atoms with Crippen molar-refractivity contribution in [3.8, 4) is 0 Å². The van der Waals surface area contributed by atoms with Gasteiger partial charge in [-0.05, 0) is 6.42 Å². The molecule has 0 amide bonds. The van der Waals surface area contributed by atoms with Crippen molar-refractivity contribution >= 4 is 0 Å². The molecule has 0 aromatic carbocycles. The molecule has 0 fully saturated rings. The molecule has 0 spiro atoms. The van der Waals surface area contributed by atoms with E-state index in [9.17, 15) is 0 Å². The highest BCUT2D eigenvalue weighted by Crippen LogP contribution is 2.11. The van der Waals surface area contributed by atoms with Crippen molar-refractivity contribution in [2.45, 2.75) is 71.1 Å². The number of hydrogen-bond acceptors (Lipinski definition) is 7. The minimum absolute atomic E-state index is 0.0149. The average molecular weight is 394 g/mol. The van der Waals surface area contributed by atoms with Gasteiger partial charge in [0.15, 0.2) is 0 Å². The average Bonchev–Trinajstić information content (AvgIpc) is 2.68. The van der Waals surface area contributed by atoms with Gasteiger partial charge in [0, 0.05) is 0 Å². The molecule has 0 saturated carbocycles. The predicted octanol–water partition coefficient (Wildman–Crippen LogP) is 3.09. The quantitative estimate of drug-likeness (QED) is 0.204. The van der Waals surface area contributed by atoms with E-state index >= 15 is 0 Å². The highest BCUT2D eigenvalue weighted by atomic mass is 16.9. The van der Waals surface area contributed by atoms with Crippen LogP contribution in [0.5, 0.6) is 0 Å². The first-order valence-corrected chi connectivity index (χ1v) is 10.8. The largest absolute Gasteiger partial charge is 0.394 e. The van der Waals surface area contributed by atoms with Crippen LogP contribution in [-0.2, 0) is 19.1 Å². The van der Waals surface area contributed by atoms with Crippen LogP contribution in [0, 0.1) is 0 Å². The number of unbranched alkanes of at least 4 members (excludes halogenated alkanes) is 9. The predicted molar refractivity (Wildman–Crippen MR) is 106 cm³/mol. The molecule has 0 heterocycles. The molecule has 7 heteroatoms. The Morgan fingerprint density at radius 2 is 1.00 bits per heavy atom. The number of nitrogens with zero attached hydrogens (tertiary/aromatic N) is 1. The molecule has 0 radical (unpaired) electrons. The molecule has 27 heavy (non-hydrogen) atoms. The summed E-state index contributed by atoms with van der Waals surface area (Å²) in [5, 5.41) is 18.9. The van der Waals surface area contributed by atoms with E-state index in [4.69, 9.17) is 29.4 Å². The number of hydrogen-bond donors (Lipinski definition) is 2. The third-order valence-electron chi connectivity index (χ3n) is 4.09. The number of aliphatic hydroxyl groups is 2. The highest BCUT2D eigenvalue weighted by Gasteiger charge is 2.06. The van der Waals surface area contributed by atoms with Crippen LogP contribution in [0.25, 0.3) is 0 Å². The number of aliphatic hydroxyl groups excluding tert-OH is 2. The van der Waals surface area contributed by atoms with E-state index in [0.717, 1.165) is 6.42 Å². The molecule has 0 aromatic heterocycles. The summed E-state index contributed by atoms with van der Waals surface area (Å²) in [6.45, 7) is 5.22. The molecule has 7 nitrogen and oxygen atoms in total. The van der Waals surface area contributed by atoms with E-state index in [-0.39, 0.29) is 13.2 Å². The molecule has 164 valence electrons. The topological polar surface area (TPSA) is 80.6 Å². The summed E-state index contributed by atoms with van der Waals surface area (Å²) in [5.74, 6) is 0. The van der Waals surface area contributed by atoms with Gasteiger partial charge in [0.05, 0.1) is 59.4 Å². The van der Waals surface area contributed by atoms with Crippen LogP contribution in [0.15, 0.2) is 0 Å². The molecule has 0 aromatic rings. The van der Waals surface area contributed by atoms with Gasteiger partial charge >= 0.3 is 0 Å². The van der Waals surface area contributed by atoms with Gasteiger partial charge in [0.25, 0.3) is 0 Å². The minimum Gasteiger partial charge on any atom is -0.394 e. The van der Waals surface area contributed by atoms with Crippen LogP contribution < -0.4 is 0 Å². The van der Waals surface area contributed by atoms with Crippen molar-refractivity contribution in [2.24, 2.45) is 0 Å². The van der Waals surface area contributed by atoms with Gasteiger partial charge in [-0.1, -0.05) is 69.9 Å². The Bertz CT molecular complexity index is 257. The van der Waals surface area contributed by atoms with Gasteiger partial charge in [-0.2, -0.15) is 0 Å². The Morgan fingerprint density at radius 3 is 1.44 bits per heavy atom. The maximum atomic E-state index is 8.69. The van der Waals surface area contributed by atoms with E-state index in [2.05, 4.69) is 6.92 Å². The van der Waals surface area contributed by atoms with E-state index in [1.165, 1.54) is 63.0 Å². The first kappa shape index (κ1) is 26.7. The minimum atomic E-state index is 0.0149. The lowest BCUT2D eigenvalue weighted by Crippen LogP contribution is -2.29. The summed E-state index contributed by atoms with van der Waals surface area (Å²) in [4.78, 5) is 11.2. The normalized spacial score (nSPS) is 11.6. The molecule has 2 N–H and O–H groups in total. The van der Waals surface area contributed by atoms with Crippen LogP contribution in [-0.4, -0.2) is 74.8 Å². The molecule has 0 aliphatic heterocycles. The fourth-order valence-corrected chi connectivity index (χ4v) is 2.62. The number of hydroxylamine groups is 2. The van der Waals surface area contributed by atoms with Crippen molar-refractivity contribution in [2.75, 3.05) is 59.4 Å². The Balaban J connectivity index is 3.68. The Morgan fingerprint density at radius 1 is 0.556 bits per heavy atom. The summed E-state index contributed by atoms with van der Waals surface area (Å²) in [7, 11) is 0. The van der Waals surface area contributed by atoms with E-state index in [0.29, 0.717) is 46.2 Å². The van der Waals surface area contributed by atoms with Gasteiger partial charge in [0.1, 0.15) is 0 Å². The zero-order chi connectivity index (χ0) is 19.8. The van der Waals surface area contributed by atoms with E-state index in [1.807, 2.05) is 0 Å². The van der Waals surface area contributed by atoms with Crippen LogP contribution >= 0.6 is 0 Å². The van der Waals surface area contributed by atoms with Crippen molar-refractivity contribution in [1.29, 1.82) is 0 Å². The second-order valence-corrected chi connectivity index (χ2v) is 6.58. The van der Waals surface area contributed by atoms with Gasteiger partial charge in [-0.15, -0.1) is 0 Å². The molecular formula is C20H43NO6. The second kappa shape index (κ2) is 23.8. The molecule has 0 aliphatic carbocycles. The number of ether oxygens (including phenoxy) is 2. The molecule has 0 saturated heterocycles. The van der Waals surface area contributed by atoms with Crippen molar-refractivity contribution < 1.29 is 29.4 Å². The first-order chi connectivity index (χ1) is 13.3. The SMILES string of the molecule is CCCCCCCCCCCCN(OCCOCCO)OCCOCCO. The zero-order valence-corrected chi connectivity index (χ0v) is 17.4. The van der Waals surface area contributed by atoms with Crippen molar-refractivity contribution in [3.05, 3.63) is 0 Å². The lowest BCUT2D eigenvalue weighted by molar-refractivity contribution is -0.372. The molecule has 0 atom stereocenters. The second-order valence-electron chi connectivity index (χ2n) is 6.58. The molecular weight excluding hydrogens is 350 g/mol. The van der Waals surface area contributed by atoms with E-state index < -0.39 is 0 Å². The summed E-state index contributed by atoms with van der Waals surface area (Å²) in [5.41, 5.74) is 0. The van der Waals surface area contributed by atoms with Crippen LogP contribution in [0.2, 0.25) is 0 Å². The monoisotopic (exact) mass is 393 g/mol. The van der Waals surface area contributed by atoms with Crippen molar-refractivity contribution in [3.63, 3.8) is 0 Å². The molecule has 0 bridgehead atoms. The standard InChI is InChI=1S/C20H43NO6/c1-2-3-4-5-6-7-8-9-10-11-12-21(26-19-17-24-15-13-22)27-20-18-25-16-14-23/h22-23H,2-20H2,1H3. The van der Waals surface area contributed by atoms with Gasteiger partial charge < -0.3 is 19.7 Å². The molecule has 0 rings (SSSR count). The lowest BCUT2D eigenvalue weighted by atomic mass is 10.1. The third kappa shape index (κ3) is 21.9. The van der Waals surface area contributed by atoms with E-state index in [1.54, 1.807) is 0 Å². The van der Waals surface area contributed by atoms with Crippen LogP contribution in [0.3, 0.4) is 0 Å². The summed E-state index contributed by atoms with van der Waals surface area (Å²) in [6, 6.07) is 0. The Labute approximate surface area is 165 Å². The van der Waals surface area contributed by atoms with Gasteiger partial charge in [-0.3, -0.25) is 9.68 Å². The molecule has 0 unspecified atom stereocenters. The van der Waals surface area contributed by atoms with Crippen LogP contribution in [0.1, 0.15) is 71.1 Å². The fraction of sp³-hybridized carbons (Fsp3) is 1.00. The summed E-state index contributed by atoms with van der Waals surface area (Å²) in [6.07, 6.45) is 12.9. The Kier molecular flexibility index (Phi) is 23.5. The summed E-state index contributed by atoms with van der Waals surface area (Å²) < 4.78 is 10.4. The Hall–Kier alpha value is -0.280. The summed E-state index contributed by atoms with van der Waals surface area (Å²) >= 11 is 0. The maximum absolute atomic E-state index is 8.69. The molecule has 0 aliphatic rings. The third-order valence-corrected chi connectivity index (χ3v) is 4.09. The maximum Gasteiger partial charge on any atom is 0.0945 e. The lowest BCUT2D eigenvalue weighted by Gasteiger charge is -2.21. The fourth-order valence-electron chi connectivity index (χ4n) is 2.62. The first-order valence-electron chi connectivity index (χ1n) is 10.8. The van der Waals surface area contributed by atoms with Crippen molar-refractivity contribution in [1.82, 2.24) is 5.23 Å². The highest BCUT2D eigenvalue weighted by molar-refractivity contribution is 4.48. The smallest absolute Gasteiger partial charge is 0.0945 e. The number of rotatable bonds is 23.